The molecule has 6 saturated carbocycles. The molecule has 76 heavy (non-hydrogen) atoms. The van der Waals surface area contributed by atoms with E-state index in [9.17, 15) is 0 Å². The minimum atomic E-state index is 0.653. The monoisotopic (exact) mass is 1140 g/mol. The van der Waals surface area contributed by atoms with Crippen LogP contribution >= 0.6 is 58.8 Å². The van der Waals surface area contributed by atoms with E-state index in [1.165, 1.54) is 261 Å². The molecule has 0 spiro atoms. The van der Waals surface area contributed by atoms with E-state index in [1.54, 1.807) is 12.8 Å². The second-order valence-corrected chi connectivity index (χ2v) is 35.3. The van der Waals surface area contributed by atoms with E-state index in [1.807, 2.05) is 0 Å². The van der Waals surface area contributed by atoms with Crippen LogP contribution in [0.25, 0.3) is 0 Å². The zero-order valence-corrected chi connectivity index (χ0v) is 52.2. The number of ether oxygens (including phenoxy) is 5. The molecule has 16 saturated heterocycles. The fourth-order valence-corrected chi connectivity index (χ4v) is 25.0. The Hall–Kier alpha value is 1.55. The summed E-state index contributed by atoms with van der Waals surface area (Å²) in [5, 5.41) is 7.57. The summed E-state index contributed by atoms with van der Waals surface area (Å²) in [4.78, 5) is 0. The van der Waals surface area contributed by atoms with Crippen molar-refractivity contribution in [1.29, 1.82) is 0 Å². The molecule has 10 heteroatoms. The lowest BCUT2D eigenvalue weighted by atomic mass is 9.85. The number of hydrogen-bond acceptors (Lipinski definition) is 10. The van der Waals surface area contributed by atoms with Gasteiger partial charge in [0.2, 0.25) is 0 Å². The van der Waals surface area contributed by atoms with Gasteiger partial charge < -0.3 is 23.7 Å². The third kappa shape index (κ3) is 19.3. The number of fused-ring (bicyclic) bond motifs is 22. The quantitative estimate of drug-likeness (QED) is 0.234. The van der Waals surface area contributed by atoms with Crippen LogP contribution < -0.4 is 0 Å². The number of thioether (sulfide) groups is 5. The average molecular weight is 1150 g/mol. The van der Waals surface area contributed by atoms with Gasteiger partial charge in [0.05, 0.1) is 42.7 Å². The van der Waals surface area contributed by atoms with Gasteiger partial charge in [-0.2, -0.15) is 58.8 Å². The van der Waals surface area contributed by atoms with E-state index in [0.29, 0.717) is 42.7 Å². The third-order valence-corrected chi connectivity index (χ3v) is 30.1. The molecule has 0 aromatic heterocycles. The van der Waals surface area contributed by atoms with Crippen LogP contribution in [0.1, 0.15) is 257 Å². The molecule has 12 atom stereocenters. The topological polar surface area (TPSA) is 46.2 Å². The molecular formula is C66H112O5S5. The van der Waals surface area contributed by atoms with Gasteiger partial charge in [0.25, 0.3) is 0 Å². The van der Waals surface area contributed by atoms with Crippen molar-refractivity contribution < 1.29 is 23.7 Å². The van der Waals surface area contributed by atoms with Crippen molar-refractivity contribution in [2.45, 2.75) is 336 Å². The Kier molecular flexibility index (Phi) is 24.7. The van der Waals surface area contributed by atoms with Crippen LogP contribution in [0.5, 0.6) is 0 Å². The third-order valence-electron chi connectivity index (χ3n) is 22.0. The highest BCUT2D eigenvalue weighted by Crippen LogP contribution is 2.47. The summed E-state index contributed by atoms with van der Waals surface area (Å²) in [6.07, 6.45) is 62.5. The van der Waals surface area contributed by atoms with E-state index >= 15 is 0 Å². The first kappa shape index (κ1) is 59.3. The predicted octanol–water partition coefficient (Wildman–Crippen LogP) is 18.3. The first-order valence-electron chi connectivity index (χ1n) is 33.8. The summed E-state index contributed by atoms with van der Waals surface area (Å²) < 4.78 is 27.4. The Balaban J connectivity index is 0.0000000901. The molecule has 0 radical (unpaired) electrons. The normalized spacial score (nSPS) is 46.1. The Morgan fingerprint density at radius 3 is 0.842 bits per heavy atom. The van der Waals surface area contributed by atoms with Crippen LogP contribution in [0.2, 0.25) is 0 Å². The molecule has 16 heterocycles. The fourth-order valence-electron chi connectivity index (χ4n) is 17.0. The molecule has 6 aliphatic carbocycles. The second-order valence-electron chi connectivity index (χ2n) is 28.0. The smallest absolute Gasteiger partial charge is 0.0580 e. The van der Waals surface area contributed by atoms with E-state index in [0.717, 1.165) is 92.1 Å². The lowest BCUT2D eigenvalue weighted by molar-refractivity contribution is -0.0615. The summed E-state index contributed by atoms with van der Waals surface area (Å²) in [5.74, 6) is 10.6. The minimum Gasteiger partial charge on any atom is -0.378 e. The molecule has 5 nitrogen and oxygen atoms in total. The van der Waals surface area contributed by atoms with Gasteiger partial charge in [-0.25, -0.2) is 0 Å². The van der Waals surface area contributed by atoms with Gasteiger partial charge in [0.15, 0.2) is 0 Å². The van der Waals surface area contributed by atoms with Gasteiger partial charge in [-0.05, 0) is 290 Å². The molecule has 20 bridgehead atoms. The highest BCUT2D eigenvalue weighted by Gasteiger charge is 2.36. The maximum absolute atomic E-state index is 5.60. The van der Waals surface area contributed by atoms with Crippen LogP contribution in [-0.2, 0) is 23.7 Å². The average Bonchev–Trinajstić information content (AvgIpc) is 4.34. The zero-order valence-electron chi connectivity index (χ0n) is 48.2. The van der Waals surface area contributed by atoms with Gasteiger partial charge in [0, 0.05) is 56.6 Å². The number of rotatable bonds is 0. The van der Waals surface area contributed by atoms with Gasteiger partial charge in [-0.3, -0.25) is 0 Å². The Morgan fingerprint density at radius 2 is 0.539 bits per heavy atom. The molecule has 22 rings (SSSR count). The van der Waals surface area contributed by atoms with E-state index in [-0.39, 0.29) is 0 Å². The van der Waals surface area contributed by atoms with Gasteiger partial charge in [-0.15, -0.1) is 0 Å². The molecule has 22 aliphatic rings. The summed E-state index contributed by atoms with van der Waals surface area (Å²) in [6.45, 7) is 3.18. The van der Waals surface area contributed by atoms with Crippen LogP contribution in [0.4, 0.5) is 0 Å². The highest BCUT2D eigenvalue weighted by molar-refractivity contribution is 8.01. The van der Waals surface area contributed by atoms with E-state index in [2.05, 4.69) is 58.8 Å². The predicted molar refractivity (Wildman–Crippen MR) is 331 cm³/mol. The molecule has 0 aromatic rings. The SMILES string of the molecule is C1CC2CC1CO2.C1CC2CC1CS2.C1CC2CCC(C1)O2.C1CC2CCC(C1)S2.C1CC2CCC1CO2.C1CC2CCC1CS2.C1CC2CCC1O2.C1CC2CCC1S2.C1CC2COC(C1)C2.C1CC2CSC(C1)C2. The molecular weight excluding hydrogens is 1030 g/mol. The van der Waals surface area contributed by atoms with Crippen molar-refractivity contribution in [3.8, 4) is 0 Å². The van der Waals surface area contributed by atoms with Crippen molar-refractivity contribution in [2.75, 3.05) is 37.1 Å². The maximum atomic E-state index is 5.60. The lowest BCUT2D eigenvalue weighted by Gasteiger charge is -2.35. The summed E-state index contributed by atoms with van der Waals surface area (Å²) >= 11 is 11.1. The summed E-state index contributed by atoms with van der Waals surface area (Å²) in [5.41, 5.74) is 0. The Bertz CT molecular complexity index is 1210. The molecule has 12 unspecified atom stereocenters. The largest absolute Gasteiger partial charge is 0.378 e. The fraction of sp³-hybridized carbons (Fsp3) is 1.00. The summed E-state index contributed by atoms with van der Waals surface area (Å²) in [6, 6.07) is 0. The lowest BCUT2D eigenvalue weighted by Crippen LogP contribution is -2.32. The van der Waals surface area contributed by atoms with Crippen molar-refractivity contribution in [3.63, 3.8) is 0 Å². The minimum absolute atomic E-state index is 0.653. The van der Waals surface area contributed by atoms with E-state index < -0.39 is 0 Å². The van der Waals surface area contributed by atoms with E-state index in [4.69, 9.17) is 23.7 Å². The van der Waals surface area contributed by atoms with Crippen LogP contribution in [-0.4, -0.2) is 117 Å². The Labute approximate surface area is 488 Å². The molecule has 22 fully saturated rings. The standard InChI is InChI=1S/3C7H12O.3C7H12S.2C6H10O.2C6H10S/c1-3-7-4-2-6(1)5-8-7;1-2-6-4-7(3-1)8-5-6;1-2-6-4-5-7(3-1)8-6;1-3-7-4-2-6(1)5-8-7;1-2-6-4-7(3-1)8-5-6;1-2-6-4-5-7(3-1)8-6;1-2-6-3-5(1)4-7-6;1-2-6-4-3-5(1)7-6;1-2-6-3-5(1)4-7-6;1-2-6-4-3-5(1)7-6/h6*6-7H,1-5H2;4*5-6H,1-4H2. The van der Waals surface area contributed by atoms with Crippen LogP contribution in [0, 0.1) is 35.5 Å². The van der Waals surface area contributed by atoms with Gasteiger partial charge in [0.1, 0.15) is 0 Å². The molecule has 0 aromatic carbocycles. The van der Waals surface area contributed by atoms with Crippen molar-refractivity contribution in [2.24, 2.45) is 35.5 Å². The van der Waals surface area contributed by atoms with Crippen molar-refractivity contribution in [1.82, 2.24) is 0 Å². The number of hydrogen-bond donors (Lipinski definition) is 0. The van der Waals surface area contributed by atoms with Crippen LogP contribution in [0.3, 0.4) is 0 Å². The van der Waals surface area contributed by atoms with Crippen LogP contribution in [0.15, 0.2) is 0 Å². The summed E-state index contributed by atoms with van der Waals surface area (Å²) in [7, 11) is 0. The molecule has 16 aliphatic heterocycles. The van der Waals surface area contributed by atoms with Crippen molar-refractivity contribution in [3.05, 3.63) is 0 Å². The molecule has 0 amide bonds. The molecule has 0 N–H and O–H groups in total. The first-order chi connectivity index (χ1) is 37.5. The zero-order chi connectivity index (χ0) is 51.1. The highest BCUT2D eigenvalue weighted by atomic mass is 32.2. The first-order valence-corrected chi connectivity index (χ1v) is 38.8. The van der Waals surface area contributed by atoms with Gasteiger partial charge >= 0.3 is 0 Å². The van der Waals surface area contributed by atoms with Gasteiger partial charge in [-0.1, -0.05) is 19.3 Å². The second kappa shape index (κ2) is 31.6. The molecule has 436 valence electrons. The van der Waals surface area contributed by atoms with Crippen molar-refractivity contribution >= 4 is 58.8 Å². The maximum Gasteiger partial charge on any atom is 0.0580 e. The Morgan fingerprint density at radius 1 is 0.211 bits per heavy atom.